The first-order chi connectivity index (χ1) is 14.2. The van der Waals surface area contributed by atoms with Gasteiger partial charge < -0.3 is 29.7 Å². The quantitative estimate of drug-likeness (QED) is 0.569. The minimum absolute atomic E-state index is 0.0116. The SMILES string of the molecule is O=C(NCc1cccs1)C(=O)NC[C@H](c1ccc2c(c1)OCO2)[NH+]1CCOCC1. The molecule has 2 aromatic rings. The number of carbonyl (C=O) groups excluding carboxylic acids is 2. The molecule has 8 nitrogen and oxygen atoms in total. The highest BCUT2D eigenvalue weighted by Gasteiger charge is 2.29. The first-order valence-electron chi connectivity index (χ1n) is 9.61. The number of hydrogen-bond donors (Lipinski definition) is 3. The zero-order valence-electron chi connectivity index (χ0n) is 15.9. The predicted molar refractivity (Wildman–Crippen MR) is 106 cm³/mol. The maximum atomic E-state index is 12.3. The van der Waals surface area contributed by atoms with Gasteiger partial charge in [-0.3, -0.25) is 9.59 Å². The van der Waals surface area contributed by atoms with E-state index in [1.54, 1.807) is 0 Å². The number of fused-ring (bicyclic) bond motifs is 1. The van der Waals surface area contributed by atoms with E-state index in [9.17, 15) is 9.59 Å². The number of quaternary nitrogens is 1. The fraction of sp³-hybridized carbons (Fsp3) is 0.400. The number of amides is 2. The molecule has 1 fully saturated rings. The second kappa shape index (κ2) is 9.25. The molecule has 0 bridgehead atoms. The molecule has 0 aliphatic carbocycles. The number of hydrogen-bond acceptors (Lipinski definition) is 6. The van der Waals surface area contributed by atoms with Crippen molar-refractivity contribution >= 4 is 23.2 Å². The fourth-order valence-electron chi connectivity index (χ4n) is 3.55. The Hall–Kier alpha value is -2.62. The van der Waals surface area contributed by atoms with Gasteiger partial charge in [0.15, 0.2) is 11.5 Å². The molecule has 4 rings (SSSR count). The Morgan fingerprint density at radius 3 is 2.66 bits per heavy atom. The van der Waals surface area contributed by atoms with Crippen molar-refractivity contribution in [1.29, 1.82) is 0 Å². The van der Waals surface area contributed by atoms with Crippen LogP contribution in [0.5, 0.6) is 11.5 Å². The van der Waals surface area contributed by atoms with E-state index in [4.69, 9.17) is 14.2 Å². The van der Waals surface area contributed by atoms with Crippen molar-refractivity contribution in [3.8, 4) is 11.5 Å². The molecule has 3 heterocycles. The number of nitrogens with one attached hydrogen (secondary N) is 3. The van der Waals surface area contributed by atoms with E-state index in [0.717, 1.165) is 29.3 Å². The van der Waals surface area contributed by atoms with Crippen LogP contribution in [0, 0.1) is 0 Å². The number of thiophene rings is 1. The second-order valence-electron chi connectivity index (χ2n) is 6.91. The van der Waals surface area contributed by atoms with Crippen molar-refractivity contribution in [2.45, 2.75) is 12.6 Å². The summed E-state index contributed by atoms with van der Waals surface area (Å²) < 4.78 is 16.4. The van der Waals surface area contributed by atoms with Crippen LogP contribution in [0.15, 0.2) is 35.7 Å². The van der Waals surface area contributed by atoms with Gasteiger partial charge in [-0.05, 0) is 29.6 Å². The van der Waals surface area contributed by atoms with Gasteiger partial charge in [-0.15, -0.1) is 11.3 Å². The lowest BCUT2D eigenvalue weighted by molar-refractivity contribution is -0.937. The van der Waals surface area contributed by atoms with Gasteiger partial charge in [0.2, 0.25) is 6.79 Å². The molecule has 154 valence electrons. The molecule has 1 saturated heterocycles. The summed E-state index contributed by atoms with van der Waals surface area (Å²) in [6.45, 7) is 3.93. The van der Waals surface area contributed by atoms with Gasteiger partial charge in [0.1, 0.15) is 19.1 Å². The van der Waals surface area contributed by atoms with Crippen molar-refractivity contribution < 1.29 is 28.7 Å². The van der Waals surface area contributed by atoms with Gasteiger partial charge in [0.05, 0.1) is 26.3 Å². The number of rotatable bonds is 6. The standard InChI is InChI=1S/C20H23N3O5S/c24-19(21-11-15-2-1-9-29-15)20(25)22-12-16(23-5-7-26-8-6-23)14-3-4-17-18(10-14)28-13-27-17/h1-4,9-10,16H,5-8,11-13H2,(H,21,24)(H,22,25)/p+1/t16-/m1/s1. The minimum atomic E-state index is -0.625. The monoisotopic (exact) mass is 418 g/mol. The number of benzene rings is 1. The Morgan fingerprint density at radius 2 is 1.86 bits per heavy atom. The zero-order valence-corrected chi connectivity index (χ0v) is 16.8. The fourth-order valence-corrected chi connectivity index (χ4v) is 4.19. The maximum absolute atomic E-state index is 12.3. The van der Waals surface area contributed by atoms with Gasteiger partial charge in [-0.1, -0.05) is 6.07 Å². The highest BCUT2D eigenvalue weighted by Crippen LogP contribution is 2.33. The van der Waals surface area contributed by atoms with E-state index in [-0.39, 0.29) is 12.8 Å². The van der Waals surface area contributed by atoms with Crippen molar-refractivity contribution in [3.63, 3.8) is 0 Å². The normalized spacial score (nSPS) is 17.0. The highest BCUT2D eigenvalue weighted by molar-refractivity contribution is 7.09. The summed E-state index contributed by atoms with van der Waals surface area (Å²) in [5.74, 6) is 0.182. The summed E-state index contributed by atoms with van der Waals surface area (Å²) in [6.07, 6.45) is 0. The molecule has 2 aliphatic heterocycles. The molecule has 1 aromatic heterocycles. The van der Waals surface area contributed by atoms with Gasteiger partial charge in [-0.25, -0.2) is 0 Å². The molecule has 9 heteroatoms. The van der Waals surface area contributed by atoms with Gasteiger partial charge >= 0.3 is 11.8 Å². The van der Waals surface area contributed by atoms with Crippen LogP contribution in [0.2, 0.25) is 0 Å². The topological polar surface area (TPSA) is 90.3 Å². The lowest BCUT2D eigenvalue weighted by Crippen LogP contribution is -3.15. The van der Waals surface area contributed by atoms with Crippen molar-refractivity contribution in [1.82, 2.24) is 10.6 Å². The smallest absolute Gasteiger partial charge is 0.309 e. The van der Waals surface area contributed by atoms with Crippen molar-refractivity contribution in [3.05, 3.63) is 46.2 Å². The summed E-state index contributed by atoms with van der Waals surface area (Å²) in [5, 5.41) is 7.39. The molecule has 29 heavy (non-hydrogen) atoms. The van der Waals surface area contributed by atoms with Gasteiger partial charge in [0, 0.05) is 10.4 Å². The van der Waals surface area contributed by atoms with Crippen LogP contribution in [0.3, 0.4) is 0 Å². The Kier molecular flexibility index (Phi) is 6.28. The molecule has 1 aromatic carbocycles. The predicted octanol–water partition coefficient (Wildman–Crippen LogP) is -0.134. The molecule has 3 N–H and O–H groups in total. The van der Waals surface area contributed by atoms with Crippen LogP contribution < -0.4 is 25.0 Å². The largest absolute Gasteiger partial charge is 0.454 e. The van der Waals surface area contributed by atoms with Crippen LogP contribution in [0.4, 0.5) is 0 Å². The third-order valence-electron chi connectivity index (χ3n) is 5.10. The van der Waals surface area contributed by atoms with Crippen LogP contribution in [0.1, 0.15) is 16.5 Å². The summed E-state index contributed by atoms with van der Waals surface area (Å²) in [6, 6.07) is 9.65. The molecule has 2 aliphatic rings. The third kappa shape index (κ3) is 4.87. The van der Waals surface area contributed by atoms with E-state index in [2.05, 4.69) is 10.6 Å². The number of morpholine rings is 1. The maximum Gasteiger partial charge on any atom is 0.309 e. The van der Waals surface area contributed by atoms with E-state index >= 15 is 0 Å². The Balaban J connectivity index is 1.40. The molecule has 1 atom stereocenters. The van der Waals surface area contributed by atoms with E-state index < -0.39 is 11.8 Å². The molecule has 2 amide bonds. The molecule has 0 spiro atoms. The van der Waals surface area contributed by atoms with Crippen molar-refractivity contribution in [2.75, 3.05) is 39.6 Å². The minimum Gasteiger partial charge on any atom is -0.454 e. The molecule has 0 saturated carbocycles. The summed E-state index contributed by atoms with van der Waals surface area (Å²) in [4.78, 5) is 26.7. The molecule has 0 radical (unpaired) electrons. The van der Waals surface area contributed by atoms with Gasteiger partial charge in [-0.2, -0.15) is 0 Å². The van der Waals surface area contributed by atoms with E-state index in [1.807, 2.05) is 35.7 Å². The number of ether oxygens (including phenoxy) is 3. The summed E-state index contributed by atoms with van der Waals surface area (Å²) in [7, 11) is 0. The van der Waals surface area contributed by atoms with Crippen LogP contribution in [-0.2, 0) is 20.9 Å². The Morgan fingerprint density at radius 1 is 1.07 bits per heavy atom. The molecular formula is C20H24N3O5S+. The van der Waals surface area contributed by atoms with E-state index in [0.29, 0.717) is 32.1 Å². The Labute approximate surface area is 172 Å². The zero-order chi connectivity index (χ0) is 20.1. The van der Waals surface area contributed by atoms with Crippen LogP contribution in [0.25, 0.3) is 0 Å². The lowest BCUT2D eigenvalue weighted by atomic mass is 10.0. The Bertz CT molecular complexity index is 852. The number of carbonyl (C=O) groups is 2. The summed E-state index contributed by atoms with van der Waals surface area (Å²) >= 11 is 1.54. The molecular weight excluding hydrogens is 394 g/mol. The average molecular weight is 418 g/mol. The van der Waals surface area contributed by atoms with Gasteiger partial charge in [0.25, 0.3) is 0 Å². The van der Waals surface area contributed by atoms with Crippen LogP contribution in [-0.4, -0.2) is 51.5 Å². The van der Waals surface area contributed by atoms with Crippen LogP contribution >= 0.6 is 11.3 Å². The van der Waals surface area contributed by atoms with E-state index in [1.165, 1.54) is 16.2 Å². The first-order valence-corrected chi connectivity index (χ1v) is 10.5. The van der Waals surface area contributed by atoms with Crippen molar-refractivity contribution in [2.24, 2.45) is 0 Å². The lowest BCUT2D eigenvalue weighted by Gasteiger charge is -2.32. The highest BCUT2D eigenvalue weighted by atomic mass is 32.1. The molecule has 0 unspecified atom stereocenters. The summed E-state index contributed by atoms with van der Waals surface area (Å²) in [5.41, 5.74) is 1.03. The average Bonchev–Trinajstić information content (AvgIpc) is 3.44. The second-order valence-corrected chi connectivity index (χ2v) is 7.94. The third-order valence-corrected chi connectivity index (χ3v) is 5.98. The first kappa shape index (κ1) is 19.7.